The summed E-state index contributed by atoms with van der Waals surface area (Å²) in [5.41, 5.74) is 1.09. The lowest BCUT2D eigenvalue weighted by Crippen LogP contribution is -2.38. The van der Waals surface area contributed by atoms with E-state index in [9.17, 15) is 0 Å². The maximum absolute atomic E-state index is 5.94. The fourth-order valence-electron chi connectivity index (χ4n) is 2.12. The van der Waals surface area contributed by atoms with E-state index in [-0.39, 0.29) is 30.0 Å². The van der Waals surface area contributed by atoms with Gasteiger partial charge in [-0.2, -0.15) is 0 Å². The Kier molecular flexibility index (Phi) is 8.72. The fourth-order valence-corrected chi connectivity index (χ4v) is 3.15. The molecule has 2 rings (SSSR count). The molecule has 0 spiro atoms. The lowest BCUT2D eigenvalue weighted by molar-refractivity contribution is 0.405. The molecule has 7 heteroatoms. The number of aliphatic imine (C=N–C) groups is 1. The Labute approximate surface area is 163 Å². The zero-order valence-corrected chi connectivity index (χ0v) is 17.2. The third-order valence-electron chi connectivity index (χ3n) is 3.24. The standard InChI is InChI=1S/C16H20ClN3OS.HI/c1-11(13-6-4-5-7-14(13)21-3)20-16(18-2)19-10-12-8-9-15(17)22-12;/h4-9,11H,10H2,1-3H3,(H2,18,19,20);1H. The largest absolute Gasteiger partial charge is 0.496 e. The van der Waals surface area contributed by atoms with E-state index in [0.29, 0.717) is 6.54 Å². The van der Waals surface area contributed by atoms with Gasteiger partial charge in [0, 0.05) is 17.5 Å². The van der Waals surface area contributed by atoms with Crippen molar-refractivity contribution >= 4 is 52.9 Å². The van der Waals surface area contributed by atoms with Gasteiger partial charge >= 0.3 is 0 Å². The summed E-state index contributed by atoms with van der Waals surface area (Å²) < 4.78 is 6.19. The summed E-state index contributed by atoms with van der Waals surface area (Å²) in [5.74, 6) is 1.60. The van der Waals surface area contributed by atoms with Crippen LogP contribution in [0.3, 0.4) is 0 Å². The number of ether oxygens (including phenoxy) is 1. The van der Waals surface area contributed by atoms with E-state index in [1.165, 1.54) is 0 Å². The van der Waals surface area contributed by atoms with E-state index >= 15 is 0 Å². The first-order chi connectivity index (χ1) is 10.6. The van der Waals surface area contributed by atoms with Gasteiger partial charge in [0.1, 0.15) is 5.75 Å². The summed E-state index contributed by atoms with van der Waals surface area (Å²) in [7, 11) is 3.44. The van der Waals surface area contributed by atoms with Gasteiger partial charge in [-0.3, -0.25) is 4.99 Å². The van der Waals surface area contributed by atoms with Gasteiger partial charge < -0.3 is 15.4 Å². The third-order valence-corrected chi connectivity index (χ3v) is 4.47. The van der Waals surface area contributed by atoms with Crippen LogP contribution in [0.4, 0.5) is 0 Å². The molecule has 1 heterocycles. The second-order valence-corrected chi connectivity index (χ2v) is 6.54. The van der Waals surface area contributed by atoms with Gasteiger partial charge in [-0.05, 0) is 25.1 Å². The van der Waals surface area contributed by atoms with Crippen LogP contribution in [0, 0.1) is 0 Å². The van der Waals surface area contributed by atoms with Crippen molar-refractivity contribution in [3.63, 3.8) is 0 Å². The lowest BCUT2D eigenvalue weighted by Gasteiger charge is -2.20. The smallest absolute Gasteiger partial charge is 0.191 e. The first-order valence-electron chi connectivity index (χ1n) is 6.98. The second-order valence-electron chi connectivity index (χ2n) is 4.74. The number of thiophene rings is 1. The number of nitrogens with one attached hydrogen (secondary N) is 2. The van der Waals surface area contributed by atoms with Crippen LogP contribution >= 0.6 is 46.9 Å². The molecule has 0 amide bonds. The van der Waals surface area contributed by atoms with Crippen molar-refractivity contribution in [2.75, 3.05) is 14.2 Å². The summed E-state index contributed by atoms with van der Waals surface area (Å²) >= 11 is 7.50. The Morgan fingerprint density at radius 3 is 2.65 bits per heavy atom. The van der Waals surface area contributed by atoms with Gasteiger partial charge in [0.15, 0.2) is 5.96 Å². The van der Waals surface area contributed by atoms with Crippen LogP contribution in [-0.2, 0) is 6.54 Å². The van der Waals surface area contributed by atoms with Crippen LogP contribution in [0.5, 0.6) is 5.75 Å². The molecular formula is C16H21ClIN3OS. The molecule has 1 aromatic heterocycles. The molecule has 0 saturated heterocycles. The van der Waals surface area contributed by atoms with E-state index in [1.807, 2.05) is 36.4 Å². The third kappa shape index (κ3) is 5.86. The van der Waals surface area contributed by atoms with E-state index in [2.05, 4.69) is 22.5 Å². The molecule has 23 heavy (non-hydrogen) atoms. The Bertz CT molecular complexity index is 648. The molecule has 126 valence electrons. The highest BCUT2D eigenvalue weighted by Gasteiger charge is 2.12. The van der Waals surface area contributed by atoms with Crippen molar-refractivity contribution in [3.05, 3.63) is 51.2 Å². The van der Waals surface area contributed by atoms with Crippen molar-refractivity contribution in [2.24, 2.45) is 4.99 Å². The quantitative estimate of drug-likeness (QED) is 0.389. The topological polar surface area (TPSA) is 45.7 Å². The van der Waals surface area contributed by atoms with Crippen molar-refractivity contribution in [2.45, 2.75) is 19.5 Å². The Hall–Kier alpha value is -0.990. The van der Waals surface area contributed by atoms with Crippen LogP contribution in [-0.4, -0.2) is 20.1 Å². The van der Waals surface area contributed by atoms with Crippen molar-refractivity contribution < 1.29 is 4.74 Å². The number of hydrogen-bond acceptors (Lipinski definition) is 3. The van der Waals surface area contributed by atoms with Crippen LogP contribution in [0.1, 0.15) is 23.4 Å². The van der Waals surface area contributed by atoms with Crippen LogP contribution in [0.2, 0.25) is 4.34 Å². The number of methoxy groups -OCH3 is 1. The minimum Gasteiger partial charge on any atom is -0.496 e. The summed E-state index contributed by atoms with van der Waals surface area (Å²) in [6, 6.07) is 11.9. The van der Waals surface area contributed by atoms with Gasteiger partial charge in [-0.15, -0.1) is 35.3 Å². The molecule has 1 aromatic carbocycles. The van der Waals surface area contributed by atoms with Crippen LogP contribution < -0.4 is 15.4 Å². The maximum Gasteiger partial charge on any atom is 0.191 e. The molecule has 1 atom stereocenters. The molecule has 0 radical (unpaired) electrons. The van der Waals surface area contributed by atoms with Gasteiger partial charge in [-0.25, -0.2) is 0 Å². The average molecular weight is 466 g/mol. The first-order valence-corrected chi connectivity index (χ1v) is 8.17. The predicted molar refractivity (Wildman–Crippen MR) is 109 cm³/mol. The highest BCUT2D eigenvalue weighted by molar-refractivity contribution is 14.0. The number of nitrogens with zero attached hydrogens (tertiary/aromatic N) is 1. The van der Waals surface area contributed by atoms with Gasteiger partial charge in [0.2, 0.25) is 0 Å². The van der Waals surface area contributed by atoms with Crippen molar-refractivity contribution in [3.8, 4) is 5.75 Å². The summed E-state index contributed by atoms with van der Waals surface area (Å²) in [6.45, 7) is 2.77. The van der Waals surface area contributed by atoms with Crippen molar-refractivity contribution in [1.29, 1.82) is 0 Å². The van der Waals surface area contributed by atoms with E-state index in [1.54, 1.807) is 25.5 Å². The lowest BCUT2D eigenvalue weighted by atomic mass is 10.1. The normalized spacial score (nSPS) is 12.3. The molecule has 0 saturated carbocycles. The Morgan fingerprint density at radius 2 is 2.04 bits per heavy atom. The summed E-state index contributed by atoms with van der Waals surface area (Å²) in [5, 5.41) is 6.65. The number of guanidine groups is 1. The molecule has 0 aliphatic rings. The Morgan fingerprint density at radius 1 is 1.30 bits per heavy atom. The number of rotatable bonds is 5. The molecule has 1 unspecified atom stereocenters. The van der Waals surface area contributed by atoms with Crippen LogP contribution in [0.25, 0.3) is 0 Å². The summed E-state index contributed by atoms with van der Waals surface area (Å²) in [6.07, 6.45) is 0. The minimum absolute atomic E-state index is 0. The van der Waals surface area contributed by atoms with E-state index < -0.39 is 0 Å². The summed E-state index contributed by atoms with van der Waals surface area (Å²) in [4.78, 5) is 5.42. The highest BCUT2D eigenvalue weighted by Crippen LogP contribution is 2.24. The number of halogens is 2. The maximum atomic E-state index is 5.94. The van der Waals surface area contributed by atoms with Gasteiger partial charge in [0.25, 0.3) is 0 Å². The zero-order valence-electron chi connectivity index (χ0n) is 13.3. The monoisotopic (exact) mass is 465 g/mol. The van der Waals surface area contributed by atoms with Gasteiger partial charge in [-0.1, -0.05) is 29.8 Å². The van der Waals surface area contributed by atoms with Gasteiger partial charge in [0.05, 0.1) is 24.0 Å². The van der Waals surface area contributed by atoms with E-state index in [0.717, 1.165) is 26.5 Å². The molecular weight excluding hydrogens is 445 g/mol. The molecule has 0 aliphatic carbocycles. The first kappa shape index (κ1) is 20.1. The molecule has 4 nitrogen and oxygen atoms in total. The SMILES string of the molecule is CN=C(NCc1ccc(Cl)s1)NC(C)c1ccccc1OC.I. The minimum atomic E-state index is 0. The average Bonchev–Trinajstić information content (AvgIpc) is 2.96. The van der Waals surface area contributed by atoms with E-state index in [4.69, 9.17) is 16.3 Å². The number of hydrogen-bond donors (Lipinski definition) is 2. The predicted octanol–water partition coefficient (Wildman–Crippen LogP) is 4.45. The molecule has 0 bridgehead atoms. The number of benzene rings is 1. The number of para-hydroxylation sites is 1. The van der Waals surface area contributed by atoms with Crippen LogP contribution in [0.15, 0.2) is 41.4 Å². The Balaban J connectivity index is 0.00000264. The molecule has 2 aromatic rings. The van der Waals surface area contributed by atoms with Crippen molar-refractivity contribution in [1.82, 2.24) is 10.6 Å². The molecule has 0 aliphatic heterocycles. The zero-order chi connectivity index (χ0) is 15.9. The highest BCUT2D eigenvalue weighted by atomic mass is 127. The molecule has 0 fully saturated rings. The molecule has 2 N–H and O–H groups in total. The second kappa shape index (κ2) is 10.00. The fraction of sp³-hybridized carbons (Fsp3) is 0.312.